The summed E-state index contributed by atoms with van der Waals surface area (Å²) in [6, 6.07) is 4.35. The molecule has 0 fully saturated rings. The first kappa shape index (κ1) is 15.4. The van der Waals surface area contributed by atoms with Crippen LogP contribution in [0.25, 0.3) is 0 Å². The van der Waals surface area contributed by atoms with Crippen LogP contribution in [0.1, 0.15) is 33.2 Å². The van der Waals surface area contributed by atoms with Crippen molar-refractivity contribution in [1.29, 1.82) is 0 Å². The molecule has 2 rings (SSSR count). The minimum Gasteiger partial charge on any atom is -0.293 e. The van der Waals surface area contributed by atoms with Gasteiger partial charge < -0.3 is 0 Å². The Morgan fingerprint density at radius 3 is 2.48 bits per heavy atom. The Labute approximate surface area is 122 Å². The van der Waals surface area contributed by atoms with Gasteiger partial charge in [0.15, 0.2) is 15.6 Å². The standard InChI is InChI=1S/C14H15NO5S/c1-8(21(3,19)20)13(17)10-5-4-9-7-12(16)15(2)14(18)11(9)6-10/h4-6,8H,7H2,1-3H3. The number of hydrogen-bond donors (Lipinski definition) is 0. The van der Waals surface area contributed by atoms with E-state index in [-0.39, 0.29) is 23.5 Å². The highest BCUT2D eigenvalue weighted by Gasteiger charge is 2.30. The fourth-order valence-corrected chi connectivity index (χ4v) is 2.61. The molecule has 112 valence electrons. The van der Waals surface area contributed by atoms with Gasteiger partial charge in [-0.2, -0.15) is 0 Å². The van der Waals surface area contributed by atoms with Crippen molar-refractivity contribution in [3.63, 3.8) is 0 Å². The molecule has 1 aromatic carbocycles. The first-order valence-corrected chi connectivity index (χ1v) is 8.25. The predicted octanol–water partition coefficient (Wildman–Crippen LogP) is 0.457. The number of fused-ring (bicyclic) bond motifs is 1. The molecule has 6 nitrogen and oxygen atoms in total. The second-order valence-electron chi connectivity index (χ2n) is 5.14. The SMILES string of the molecule is CC(C(=O)c1ccc2c(c1)C(=O)N(C)C(=O)C2)S(C)(=O)=O. The van der Waals surface area contributed by atoms with Crippen LogP contribution in [0.5, 0.6) is 0 Å². The van der Waals surface area contributed by atoms with E-state index in [2.05, 4.69) is 0 Å². The molecule has 1 aliphatic rings. The predicted molar refractivity (Wildman–Crippen MR) is 75.9 cm³/mol. The Morgan fingerprint density at radius 2 is 1.90 bits per heavy atom. The molecule has 2 amide bonds. The molecule has 7 heteroatoms. The molecule has 0 spiro atoms. The van der Waals surface area contributed by atoms with Crippen LogP contribution in [-0.2, 0) is 21.1 Å². The van der Waals surface area contributed by atoms with Gasteiger partial charge in [0, 0.05) is 24.4 Å². The first-order chi connectivity index (χ1) is 9.62. The number of benzene rings is 1. The Hall–Kier alpha value is -2.02. The Kier molecular flexibility index (Phi) is 3.71. The normalized spacial score (nSPS) is 16.6. The molecule has 0 saturated heterocycles. The number of imide groups is 1. The number of Topliss-reactive ketones (excluding diaryl/α,β-unsaturated/α-hetero) is 1. The Morgan fingerprint density at radius 1 is 1.29 bits per heavy atom. The van der Waals surface area contributed by atoms with Crippen molar-refractivity contribution in [2.45, 2.75) is 18.6 Å². The third kappa shape index (κ3) is 2.73. The minimum atomic E-state index is -3.50. The molecule has 1 heterocycles. The third-order valence-corrected chi connectivity index (χ3v) is 5.16. The molecule has 0 aromatic heterocycles. The number of nitrogens with zero attached hydrogens (tertiary/aromatic N) is 1. The zero-order valence-electron chi connectivity index (χ0n) is 11.9. The average molecular weight is 309 g/mol. The molecule has 0 radical (unpaired) electrons. The number of carbonyl (C=O) groups excluding carboxylic acids is 3. The zero-order valence-corrected chi connectivity index (χ0v) is 12.7. The van der Waals surface area contributed by atoms with Gasteiger partial charge in [-0.1, -0.05) is 12.1 Å². The van der Waals surface area contributed by atoms with Gasteiger partial charge in [0.2, 0.25) is 5.91 Å². The summed E-state index contributed by atoms with van der Waals surface area (Å²) in [5.74, 6) is -1.35. The number of rotatable bonds is 3. The quantitative estimate of drug-likeness (QED) is 0.598. The summed E-state index contributed by atoms with van der Waals surface area (Å²) in [4.78, 5) is 36.8. The van der Waals surface area contributed by atoms with Crippen LogP contribution in [0.2, 0.25) is 0 Å². The summed E-state index contributed by atoms with van der Waals surface area (Å²) in [6.07, 6.45) is 1.08. The maximum absolute atomic E-state index is 12.2. The van der Waals surface area contributed by atoms with Crippen molar-refractivity contribution in [3.05, 3.63) is 34.9 Å². The molecule has 1 atom stereocenters. The lowest BCUT2D eigenvalue weighted by Crippen LogP contribution is -2.39. The van der Waals surface area contributed by atoms with Gasteiger partial charge in [-0.05, 0) is 18.6 Å². The van der Waals surface area contributed by atoms with E-state index in [1.165, 1.54) is 32.2 Å². The van der Waals surface area contributed by atoms with Gasteiger partial charge in [0.1, 0.15) is 5.25 Å². The van der Waals surface area contributed by atoms with Gasteiger partial charge in [-0.25, -0.2) is 8.42 Å². The van der Waals surface area contributed by atoms with E-state index in [9.17, 15) is 22.8 Å². The van der Waals surface area contributed by atoms with Crippen LogP contribution < -0.4 is 0 Å². The molecule has 0 saturated carbocycles. The summed E-state index contributed by atoms with van der Waals surface area (Å²) in [5.41, 5.74) is 0.970. The van der Waals surface area contributed by atoms with Gasteiger partial charge in [-0.3, -0.25) is 19.3 Å². The van der Waals surface area contributed by atoms with Crippen LogP contribution in [-0.4, -0.2) is 49.5 Å². The summed E-state index contributed by atoms with van der Waals surface area (Å²) in [5, 5.41) is -1.17. The first-order valence-electron chi connectivity index (χ1n) is 6.30. The number of amides is 2. The summed E-state index contributed by atoms with van der Waals surface area (Å²) >= 11 is 0. The van der Waals surface area contributed by atoms with E-state index in [4.69, 9.17) is 0 Å². The molecule has 0 aliphatic carbocycles. The minimum absolute atomic E-state index is 0.0909. The van der Waals surface area contributed by atoms with E-state index in [0.29, 0.717) is 5.56 Å². The lowest BCUT2D eigenvalue weighted by atomic mass is 9.95. The van der Waals surface area contributed by atoms with Crippen LogP contribution in [0.3, 0.4) is 0 Å². The van der Waals surface area contributed by atoms with Crippen molar-refractivity contribution in [3.8, 4) is 0 Å². The monoisotopic (exact) mass is 309 g/mol. The maximum Gasteiger partial charge on any atom is 0.260 e. The number of ketones is 1. The van der Waals surface area contributed by atoms with Gasteiger partial charge in [0.05, 0.1) is 6.42 Å². The maximum atomic E-state index is 12.2. The molecule has 21 heavy (non-hydrogen) atoms. The summed E-state index contributed by atoms with van der Waals surface area (Å²) < 4.78 is 22.9. The molecule has 1 aromatic rings. The highest BCUT2D eigenvalue weighted by molar-refractivity contribution is 7.92. The second kappa shape index (κ2) is 5.07. The second-order valence-corrected chi connectivity index (χ2v) is 7.51. The van der Waals surface area contributed by atoms with E-state index in [1.54, 1.807) is 0 Å². The largest absolute Gasteiger partial charge is 0.293 e. The number of likely N-dealkylation sites (N-methyl/N-ethyl adjacent to an activating group) is 1. The Bertz CT molecular complexity index is 751. The van der Waals surface area contributed by atoms with Crippen molar-refractivity contribution in [2.24, 2.45) is 0 Å². The van der Waals surface area contributed by atoms with Crippen LogP contribution in [0.15, 0.2) is 18.2 Å². The van der Waals surface area contributed by atoms with Crippen molar-refractivity contribution >= 4 is 27.4 Å². The number of sulfone groups is 1. The van der Waals surface area contributed by atoms with Crippen LogP contribution >= 0.6 is 0 Å². The van der Waals surface area contributed by atoms with Gasteiger partial charge in [0.25, 0.3) is 5.91 Å². The summed E-state index contributed by atoms with van der Waals surface area (Å²) in [6.45, 7) is 1.31. The lowest BCUT2D eigenvalue weighted by molar-refractivity contribution is -0.127. The third-order valence-electron chi connectivity index (χ3n) is 3.66. The van der Waals surface area contributed by atoms with Crippen molar-refractivity contribution in [1.82, 2.24) is 4.90 Å². The molecular formula is C14H15NO5S. The highest BCUT2D eigenvalue weighted by atomic mass is 32.2. The lowest BCUT2D eigenvalue weighted by Gasteiger charge is -2.23. The molecule has 1 unspecified atom stereocenters. The van der Waals surface area contributed by atoms with Gasteiger partial charge in [-0.15, -0.1) is 0 Å². The van der Waals surface area contributed by atoms with E-state index in [0.717, 1.165) is 11.2 Å². The number of carbonyl (C=O) groups is 3. The topological polar surface area (TPSA) is 88.6 Å². The molecule has 0 bridgehead atoms. The van der Waals surface area contributed by atoms with Crippen LogP contribution in [0, 0.1) is 0 Å². The Balaban J connectivity index is 2.45. The molecule has 1 aliphatic heterocycles. The average Bonchev–Trinajstić information content (AvgIpc) is 2.42. The fourth-order valence-electron chi connectivity index (χ4n) is 2.09. The summed E-state index contributed by atoms with van der Waals surface area (Å²) in [7, 11) is -2.13. The number of hydrogen-bond acceptors (Lipinski definition) is 5. The van der Waals surface area contributed by atoms with Crippen LogP contribution in [0.4, 0.5) is 0 Å². The van der Waals surface area contributed by atoms with Gasteiger partial charge >= 0.3 is 0 Å². The van der Waals surface area contributed by atoms with Crippen molar-refractivity contribution in [2.75, 3.05) is 13.3 Å². The highest BCUT2D eigenvalue weighted by Crippen LogP contribution is 2.21. The van der Waals surface area contributed by atoms with E-state index in [1.807, 2.05) is 0 Å². The van der Waals surface area contributed by atoms with E-state index >= 15 is 0 Å². The van der Waals surface area contributed by atoms with Crippen molar-refractivity contribution < 1.29 is 22.8 Å². The fraction of sp³-hybridized carbons (Fsp3) is 0.357. The molecular weight excluding hydrogens is 294 g/mol. The van der Waals surface area contributed by atoms with E-state index < -0.39 is 26.8 Å². The molecule has 0 N–H and O–H groups in total. The zero-order chi connectivity index (χ0) is 15.9. The smallest absolute Gasteiger partial charge is 0.260 e.